The van der Waals surface area contributed by atoms with Crippen LogP contribution in [0.5, 0.6) is 0 Å². The van der Waals surface area contributed by atoms with Crippen LogP contribution in [-0.4, -0.2) is 22.0 Å². The summed E-state index contributed by atoms with van der Waals surface area (Å²) in [6, 6.07) is 16.4. The van der Waals surface area contributed by atoms with Gasteiger partial charge in [-0.15, -0.1) is 10.2 Å². The van der Waals surface area contributed by atoms with Crippen molar-refractivity contribution in [3.8, 4) is 0 Å². The van der Waals surface area contributed by atoms with Gasteiger partial charge in [-0.1, -0.05) is 60.7 Å². The Bertz CT molecular complexity index is 1010. The zero-order chi connectivity index (χ0) is 19.9. The third kappa shape index (κ3) is 4.89. The van der Waals surface area contributed by atoms with E-state index in [9.17, 15) is 9.59 Å². The Morgan fingerprint density at radius 2 is 1.71 bits per heavy atom. The van der Waals surface area contributed by atoms with Crippen LogP contribution in [0.4, 0.5) is 10.8 Å². The molecule has 0 fully saturated rings. The van der Waals surface area contributed by atoms with Crippen molar-refractivity contribution >= 4 is 40.0 Å². The maximum atomic E-state index is 12.6. The Morgan fingerprint density at radius 1 is 1.00 bits per heavy atom. The molecule has 1 heterocycles. The highest BCUT2D eigenvalue weighted by molar-refractivity contribution is 7.15. The molecule has 0 saturated carbocycles. The smallest absolute Gasteiger partial charge is 0.259 e. The lowest BCUT2D eigenvalue weighted by Crippen LogP contribution is -2.18. The van der Waals surface area contributed by atoms with E-state index in [2.05, 4.69) is 20.8 Å². The van der Waals surface area contributed by atoms with Gasteiger partial charge in [0.1, 0.15) is 5.01 Å². The number of hydrogen-bond acceptors (Lipinski definition) is 5. The van der Waals surface area contributed by atoms with E-state index in [1.807, 2.05) is 37.3 Å². The summed E-state index contributed by atoms with van der Waals surface area (Å²) < 4.78 is 0. The summed E-state index contributed by atoms with van der Waals surface area (Å²) in [6.07, 6.45) is 2.55. The largest absolute Gasteiger partial charge is 0.322 e. The highest BCUT2D eigenvalue weighted by Crippen LogP contribution is 2.21. The molecule has 0 saturated heterocycles. The van der Waals surface area contributed by atoms with E-state index in [-0.39, 0.29) is 11.8 Å². The summed E-state index contributed by atoms with van der Waals surface area (Å²) in [5.74, 6) is -0.618. The number of hydrogen-bond donors (Lipinski definition) is 2. The Balaban J connectivity index is 1.75. The molecule has 2 N–H and O–H groups in total. The number of nitrogens with one attached hydrogen (secondary N) is 2. The van der Waals surface area contributed by atoms with Crippen molar-refractivity contribution in [2.75, 3.05) is 10.6 Å². The van der Waals surface area contributed by atoms with E-state index in [4.69, 9.17) is 0 Å². The minimum atomic E-state index is -0.348. The minimum Gasteiger partial charge on any atom is -0.322 e. The lowest BCUT2D eigenvalue weighted by Gasteiger charge is -2.10. The summed E-state index contributed by atoms with van der Waals surface area (Å²) in [5, 5.41) is 14.8. The third-order valence-corrected chi connectivity index (χ3v) is 4.93. The van der Waals surface area contributed by atoms with E-state index >= 15 is 0 Å². The van der Waals surface area contributed by atoms with Crippen LogP contribution in [0.1, 0.15) is 34.8 Å². The summed E-state index contributed by atoms with van der Waals surface area (Å²) >= 11 is 1.33. The summed E-state index contributed by atoms with van der Waals surface area (Å²) in [5.41, 5.74) is 2.27. The quantitative estimate of drug-likeness (QED) is 0.609. The number of rotatable bonds is 6. The lowest BCUT2D eigenvalue weighted by molar-refractivity contribution is -0.112. The van der Waals surface area contributed by atoms with Gasteiger partial charge in [-0.25, -0.2) is 0 Å². The van der Waals surface area contributed by atoms with E-state index in [0.29, 0.717) is 22.0 Å². The van der Waals surface area contributed by atoms with Crippen molar-refractivity contribution in [2.45, 2.75) is 20.3 Å². The average molecular weight is 392 g/mol. The second kappa shape index (κ2) is 9.05. The van der Waals surface area contributed by atoms with Crippen LogP contribution >= 0.6 is 11.3 Å². The number of amides is 2. The lowest BCUT2D eigenvalue weighted by atomic mass is 10.1. The predicted octanol–water partition coefficient (Wildman–Crippen LogP) is 4.39. The first-order valence-electron chi connectivity index (χ1n) is 8.84. The van der Waals surface area contributed by atoms with Crippen molar-refractivity contribution < 1.29 is 9.59 Å². The molecule has 0 atom stereocenters. The Labute approximate surface area is 167 Å². The van der Waals surface area contributed by atoms with Crippen LogP contribution in [0, 0.1) is 0 Å². The van der Waals surface area contributed by atoms with E-state index < -0.39 is 0 Å². The maximum Gasteiger partial charge on any atom is 0.259 e. The van der Waals surface area contributed by atoms with Crippen LogP contribution in [0.3, 0.4) is 0 Å². The molecule has 142 valence electrons. The number of carbonyl (C=O) groups excluding carboxylic acids is 2. The van der Waals surface area contributed by atoms with Gasteiger partial charge in [0.25, 0.3) is 11.8 Å². The second-order valence-corrected chi connectivity index (χ2v) is 7.11. The second-order valence-electron chi connectivity index (χ2n) is 6.05. The number of benzene rings is 2. The van der Waals surface area contributed by atoms with Crippen molar-refractivity contribution in [1.82, 2.24) is 10.2 Å². The normalized spacial score (nSPS) is 11.1. The fraction of sp³-hybridized carbons (Fsp3) is 0.143. The fourth-order valence-electron chi connectivity index (χ4n) is 2.49. The molecular weight excluding hydrogens is 372 g/mol. The van der Waals surface area contributed by atoms with Gasteiger partial charge in [0, 0.05) is 5.57 Å². The van der Waals surface area contributed by atoms with Gasteiger partial charge in [0.05, 0.1) is 11.3 Å². The van der Waals surface area contributed by atoms with Crippen molar-refractivity contribution in [2.24, 2.45) is 0 Å². The Hall–Kier alpha value is -3.32. The molecule has 2 amide bonds. The van der Waals surface area contributed by atoms with Crippen LogP contribution in [0.2, 0.25) is 0 Å². The van der Waals surface area contributed by atoms with Gasteiger partial charge >= 0.3 is 0 Å². The molecule has 0 radical (unpaired) electrons. The fourth-order valence-corrected chi connectivity index (χ4v) is 3.16. The molecule has 0 spiro atoms. The Kier molecular flexibility index (Phi) is 6.29. The third-order valence-electron chi connectivity index (χ3n) is 3.95. The SMILES string of the molecule is CCc1nnc(NC(=O)c2ccccc2NC(=O)/C(C)=C/c2ccccc2)s1. The van der Waals surface area contributed by atoms with Gasteiger partial charge in [-0.3, -0.25) is 14.9 Å². The van der Waals surface area contributed by atoms with Gasteiger partial charge in [0.15, 0.2) is 0 Å². The number of carbonyl (C=O) groups is 2. The van der Waals surface area contributed by atoms with Crippen LogP contribution in [-0.2, 0) is 11.2 Å². The number of para-hydroxylation sites is 1. The standard InChI is InChI=1S/C21H20N4O2S/c1-3-18-24-25-21(28-18)23-20(27)16-11-7-8-12-17(16)22-19(26)14(2)13-15-9-5-4-6-10-15/h4-13H,3H2,1-2H3,(H,22,26)(H,23,25,27)/b14-13+. The van der Waals surface area contributed by atoms with Gasteiger partial charge < -0.3 is 5.32 Å². The molecule has 0 unspecified atom stereocenters. The Morgan fingerprint density at radius 3 is 2.43 bits per heavy atom. The predicted molar refractivity (Wildman–Crippen MR) is 112 cm³/mol. The number of aryl methyl sites for hydroxylation is 1. The van der Waals surface area contributed by atoms with Crippen molar-refractivity contribution in [3.63, 3.8) is 0 Å². The van der Waals surface area contributed by atoms with E-state index in [1.165, 1.54) is 11.3 Å². The molecule has 0 aliphatic heterocycles. The molecule has 6 nitrogen and oxygen atoms in total. The zero-order valence-electron chi connectivity index (χ0n) is 15.6. The van der Waals surface area contributed by atoms with Gasteiger partial charge in [-0.05, 0) is 37.1 Å². The van der Waals surface area contributed by atoms with Gasteiger partial charge in [-0.2, -0.15) is 0 Å². The highest BCUT2D eigenvalue weighted by atomic mass is 32.1. The van der Waals surface area contributed by atoms with E-state index in [1.54, 1.807) is 37.3 Å². The van der Waals surface area contributed by atoms with E-state index in [0.717, 1.165) is 17.0 Å². The molecule has 28 heavy (non-hydrogen) atoms. The molecule has 0 aliphatic rings. The molecule has 0 aliphatic carbocycles. The average Bonchev–Trinajstić information content (AvgIpc) is 3.16. The molecule has 2 aromatic carbocycles. The number of aromatic nitrogens is 2. The molecule has 7 heteroatoms. The first-order chi connectivity index (χ1) is 13.6. The summed E-state index contributed by atoms with van der Waals surface area (Å²) in [4.78, 5) is 25.2. The zero-order valence-corrected chi connectivity index (χ0v) is 16.4. The first-order valence-corrected chi connectivity index (χ1v) is 9.66. The number of anilines is 2. The van der Waals surface area contributed by atoms with Crippen molar-refractivity contribution in [1.29, 1.82) is 0 Å². The molecule has 3 aromatic rings. The van der Waals surface area contributed by atoms with Crippen LogP contribution < -0.4 is 10.6 Å². The minimum absolute atomic E-state index is 0.270. The van der Waals surface area contributed by atoms with Crippen molar-refractivity contribution in [3.05, 3.63) is 76.3 Å². The number of nitrogens with zero attached hydrogens (tertiary/aromatic N) is 2. The molecule has 3 rings (SSSR count). The molecule has 0 bridgehead atoms. The van der Waals surface area contributed by atoms with Crippen LogP contribution in [0.25, 0.3) is 6.08 Å². The molecular formula is C21H20N4O2S. The summed E-state index contributed by atoms with van der Waals surface area (Å²) in [6.45, 7) is 3.71. The maximum absolute atomic E-state index is 12.6. The summed E-state index contributed by atoms with van der Waals surface area (Å²) in [7, 11) is 0. The first kappa shape index (κ1) is 19.4. The topological polar surface area (TPSA) is 84.0 Å². The highest BCUT2D eigenvalue weighted by Gasteiger charge is 2.15. The van der Waals surface area contributed by atoms with Crippen LogP contribution in [0.15, 0.2) is 60.2 Å². The van der Waals surface area contributed by atoms with Gasteiger partial charge in [0.2, 0.25) is 5.13 Å². The monoisotopic (exact) mass is 392 g/mol. The molecule has 1 aromatic heterocycles.